The van der Waals surface area contributed by atoms with Crippen molar-refractivity contribution in [2.24, 2.45) is 0 Å². The zero-order valence-corrected chi connectivity index (χ0v) is 10.9. The third kappa shape index (κ3) is 1.68. The van der Waals surface area contributed by atoms with Gasteiger partial charge < -0.3 is 0 Å². The first-order valence-electron chi connectivity index (χ1n) is 5.13. The highest BCUT2D eigenvalue weighted by Gasteiger charge is 2.09. The monoisotopic (exact) mass is 280 g/mol. The van der Waals surface area contributed by atoms with E-state index in [1.165, 1.54) is 0 Å². The van der Waals surface area contributed by atoms with Crippen molar-refractivity contribution in [1.82, 2.24) is 0 Å². The molecule has 0 saturated carbocycles. The summed E-state index contributed by atoms with van der Waals surface area (Å²) in [6, 6.07) is 13.6. The topological polar surface area (TPSA) is 0 Å². The molecule has 0 heterocycles. The van der Waals surface area contributed by atoms with Crippen LogP contribution in [0.1, 0.15) is 0 Å². The van der Waals surface area contributed by atoms with E-state index in [1.54, 1.807) is 6.07 Å². The summed E-state index contributed by atoms with van der Waals surface area (Å²) in [5, 5.41) is 5.73. The number of hydrogen-bond acceptors (Lipinski definition) is 0. The molecule has 0 nitrogen and oxygen atoms in total. The van der Waals surface area contributed by atoms with Crippen LogP contribution in [-0.2, 0) is 0 Å². The second kappa shape index (κ2) is 4.06. The fraction of sp³-hybridized carbons (Fsp3) is 0. The van der Waals surface area contributed by atoms with E-state index in [4.69, 9.17) is 34.8 Å². The van der Waals surface area contributed by atoms with Crippen molar-refractivity contribution < 1.29 is 0 Å². The van der Waals surface area contributed by atoms with Crippen LogP contribution < -0.4 is 0 Å². The zero-order valence-electron chi connectivity index (χ0n) is 8.68. The van der Waals surface area contributed by atoms with Gasteiger partial charge in [0.05, 0.1) is 15.1 Å². The van der Waals surface area contributed by atoms with Crippen LogP contribution in [0.25, 0.3) is 21.5 Å². The summed E-state index contributed by atoms with van der Waals surface area (Å²) in [5.74, 6) is 0. The summed E-state index contributed by atoms with van der Waals surface area (Å²) in [6.07, 6.45) is 0. The Morgan fingerprint density at radius 2 is 1.41 bits per heavy atom. The molecule has 0 aliphatic rings. The maximum atomic E-state index is 6.40. The minimum atomic E-state index is 0.547. The molecular formula is C14H7Cl3. The molecule has 0 bridgehead atoms. The number of halogens is 3. The van der Waals surface area contributed by atoms with E-state index in [1.807, 2.05) is 36.4 Å². The molecule has 0 N–H and O–H groups in total. The Morgan fingerprint density at radius 1 is 0.647 bits per heavy atom. The number of rotatable bonds is 0. The highest BCUT2D eigenvalue weighted by Crippen LogP contribution is 2.38. The van der Waals surface area contributed by atoms with Crippen LogP contribution in [0, 0.1) is 0 Å². The molecule has 17 heavy (non-hydrogen) atoms. The lowest BCUT2D eigenvalue weighted by atomic mass is 10.0. The third-order valence-electron chi connectivity index (χ3n) is 2.87. The summed E-state index contributed by atoms with van der Waals surface area (Å²) in [6.45, 7) is 0. The maximum absolute atomic E-state index is 6.40. The molecule has 0 aliphatic carbocycles. The Labute approximate surface area is 114 Å². The van der Waals surface area contributed by atoms with Crippen LogP contribution in [0.5, 0.6) is 0 Å². The number of benzene rings is 3. The van der Waals surface area contributed by atoms with Gasteiger partial charge in [0.25, 0.3) is 0 Å². The first-order valence-corrected chi connectivity index (χ1v) is 6.27. The molecule has 0 aliphatic heterocycles. The fourth-order valence-electron chi connectivity index (χ4n) is 2.02. The Hall–Kier alpha value is -0.950. The zero-order chi connectivity index (χ0) is 12.0. The van der Waals surface area contributed by atoms with Gasteiger partial charge in [-0.15, -0.1) is 0 Å². The largest absolute Gasteiger partial charge is 0.0830 e. The second-order valence-corrected chi connectivity index (χ2v) is 5.03. The van der Waals surface area contributed by atoms with Crippen LogP contribution in [0.4, 0.5) is 0 Å². The number of fused-ring (bicyclic) bond motifs is 2. The van der Waals surface area contributed by atoms with Crippen LogP contribution >= 0.6 is 34.8 Å². The molecule has 0 unspecified atom stereocenters. The summed E-state index contributed by atoms with van der Waals surface area (Å²) in [5.41, 5.74) is 0. The lowest BCUT2D eigenvalue weighted by Crippen LogP contribution is -1.81. The van der Waals surface area contributed by atoms with Crippen molar-refractivity contribution in [2.45, 2.75) is 0 Å². The lowest BCUT2D eigenvalue weighted by Gasteiger charge is -2.08. The van der Waals surface area contributed by atoms with Gasteiger partial charge in [-0.05, 0) is 17.5 Å². The van der Waals surface area contributed by atoms with E-state index in [2.05, 4.69) is 0 Å². The van der Waals surface area contributed by atoms with Crippen LogP contribution in [0.2, 0.25) is 15.1 Å². The summed E-state index contributed by atoms with van der Waals surface area (Å²) >= 11 is 18.6. The van der Waals surface area contributed by atoms with Crippen LogP contribution in [0.15, 0.2) is 42.5 Å². The molecule has 3 aromatic carbocycles. The van der Waals surface area contributed by atoms with E-state index in [0.29, 0.717) is 10.0 Å². The lowest BCUT2D eigenvalue weighted by molar-refractivity contribution is 1.76. The summed E-state index contributed by atoms with van der Waals surface area (Å²) in [4.78, 5) is 0. The van der Waals surface area contributed by atoms with Gasteiger partial charge in [0.15, 0.2) is 0 Å². The van der Waals surface area contributed by atoms with Gasteiger partial charge in [0, 0.05) is 16.2 Å². The van der Waals surface area contributed by atoms with Gasteiger partial charge in [-0.3, -0.25) is 0 Å². The molecule has 0 aromatic heterocycles. The van der Waals surface area contributed by atoms with Crippen LogP contribution in [0.3, 0.4) is 0 Å². The predicted molar refractivity (Wildman–Crippen MR) is 76.5 cm³/mol. The van der Waals surface area contributed by atoms with Crippen molar-refractivity contribution in [1.29, 1.82) is 0 Å². The van der Waals surface area contributed by atoms with E-state index in [9.17, 15) is 0 Å². The van der Waals surface area contributed by atoms with Crippen molar-refractivity contribution >= 4 is 56.3 Å². The van der Waals surface area contributed by atoms with Crippen molar-refractivity contribution in [2.75, 3.05) is 0 Å². The normalized spacial score (nSPS) is 11.2. The van der Waals surface area contributed by atoms with Gasteiger partial charge in [0.2, 0.25) is 0 Å². The smallest absolute Gasteiger partial charge is 0.0671 e. The van der Waals surface area contributed by atoms with Crippen LogP contribution in [-0.4, -0.2) is 0 Å². The second-order valence-electron chi connectivity index (χ2n) is 3.87. The summed E-state index contributed by atoms with van der Waals surface area (Å²) < 4.78 is 0. The SMILES string of the molecule is Clc1ccc2c(Cl)c3ccccc3cc2c1Cl. The number of hydrogen-bond donors (Lipinski definition) is 0. The minimum Gasteiger partial charge on any atom is -0.0830 e. The average Bonchev–Trinajstić information content (AvgIpc) is 2.35. The maximum Gasteiger partial charge on any atom is 0.0671 e. The molecule has 0 atom stereocenters. The van der Waals surface area contributed by atoms with E-state index >= 15 is 0 Å². The quantitative estimate of drug-likeness (QED) is 0.446. The van der Waals surface area contributed by atoms with E-state index < -0.39 is 0 Å². The van der Waals surface area contributed by atoms with Gasteiger partial charge in [-0.2, -0.15) is 0 Å². The molecule has 3 rings (SSSR count). The standard InChI is InChI=1S/C14H7Cl3/c15-12-6-5-10-11(14(12)17)7-8-3-1-2-4-9(8)13(10)16/h1-7H. The van der Waals surface area contributed by atoms with Crippen molar-refractivity contribution in [3.8, 4) is 0 Å². The van der Waals surface area contributed by atoms with Gasteiger partial charge in [-0.25, -0.2) is 0 Å². The Balaban J connectivity index is 2.59. The minimum absolute atomic E-state index is 0.547. The first kappa shape index (κ1) is 11.2. The first-order chi connectivity index (χ1) is 8.18. The van der Waals surface area contributed by atoms with Gasteiger partial charge in [0.1, 0.15) is 0 Å². The van der Waals surface area contributed by atoms with Gasteiger partial charge in [-0.1, -0.05) is 65.1 Å². The molecular weight excluding hydrogens is 275 g/mol. The highest BCUT2D eigenvalue weighted by atomic mass is 35.5. The fourth-order valence-corrected chi connectivity index (χ4v) is 2.74. The molecule has 3 heteroatoms. The summed E-state index contributed by atoms with van der Waals surface area (Å²) in [7, 11) is 0. The van der Waals surface area contributed by atoms with E-state index in [0.717, 1.165) is 26.6 Å². The predicted octanol–water partition coefficient (Wildman–Crippen LogP) is 5.95. The molecule has 0 saturated heterocycles. The van der Waals surface area contributed by atoms with Crippen molar-refractivity contribution in [3.63, 3.8) is 0 Å². The molecule has 3 aromatic rings. The average molecular weight is 282 g/mol. The third-order valence-corrected chi connectivity index (χ3v) is 4.09. The van der Waals surface area contributed by atoms with E-state index in [-0.39, 0.29) is 0 Å². The molecule has 0 fully saturated rings. The Morgan fingerprint density at radius 3 is 2.24 bits per heavy atom. The highest BCUT2D eigenvalue weighted by molar-refractivity contribution is 6.47. The van der Waals surface area contributed by atoms with Gasteiger partial charge >= 0.3 is 0 Å². The Bertz CT molecular complexity index is 732. The Kier molecular flexibility index (Phi) is 2.67. The van der Waals surface area contributed by atoms with Crippen molar-refractivity contribution in [3.05, 3.63) is 57.5 Å². The molecule has 0 radical (unpaired) electrons. The molecule has 0 spiro atoms. The molecule has 0 amide bonds. The molecule has 84 valence electrons.